The van der Waals surface area contributed by atoms with Gasteiger partial charge in [0.25, 0.3) is 0 Å². The van der Waals surface area contributed by atoms with E-state index in [1.54, 1.807) is 6.07 Å². The molecule has 0 bridgehead atoms. The molecule has 1 fully saturated rings. The standard InChI is InChI=1S/C36H52F3N3O2S/c1-2-3-4-5-6-7-8-9-10-11-12-18-35(43)44-28-27-41-25-23-40(24-26-41)21-15-22-42-31-16-13-14-17-33(31)45-34-20-19-30(29-32(34)42)36(37,38)39/h13-14,16-17,19-20,29H,2-12,15,18,21-28H2,1H3. The van der Waals surface area contributed by atoms with Crippen molar-refractivity contribution in [3.63, 3.8) is 0 Å². The number of carbonyl (C=O) groups excluding carboxylic acids is 1. The van der Waals surface area contributed by atoms with Crippen LogP contribution in [0.25, 0.3) is 0 Å². The maximum Gasteiger partial charge on any atom is 0.416 e. The number of fused-ring (bicyclic) bond motifs is 2. The molecule has 250 valence electrons. The number of carbonyl (C=O) groups is 1. The minimum atomic E-state index is -4.37. The number of hydrogen-bond acceptors (Lipinski definition) is 6. The van der Waals surface area contributed by atoms with E-state index in [4.69, 9.17) is 4.74 Å². The van der Waals surface area contributed by atoms with Crippen LogP contribution in [0.3, 0.4) is 0 Å². The number of piperazine rings is 1. The summed E-state index contributed by atoms with van der Waals surface area (Å²) in [6.45, 7) is 8.74. The lowest BCUT2D eigenvalue weighted by Gasteiger charge is -2.36. The van der Waals surface area contributed by atoms with Gasteiger partial charge in [-0.25, -0.2) is 0 Å². The molecule has 0 aliphatic carbocycles. The monoisotopic (exact) mass is 647 g/mol. The van der Waals surface area contributed by atoms with Crippen molar-refractivity contribution in [2.24, 2.45) is 0 Å². The van der Waals surface area contributed by atoms with Crippen molar-refractivity contribution < 1.29 is 22.7 Å². The van der Waals surface area contributed by atoms with Gasteiger partial charge in [0.15, 0.2) is 0 Å². The molecule has 0 aromatic heterocycles. The van der Waals surface area contributed by atoms with Crippen molar-refractivity contribution in [2.75, 3.05) is 57.3 Å². The molecule has 9 heteroatoms. The van der Waals surface area contributed by atoms with E-state index in [-0.39, 0.29) is 5.97 Å². The van der Waals surface area contributed by atoms with Gasteiger partial charge in [-0.05, 0) is 49.7 Å². The van der Waals surface area contributed by atoms with Gasteiger partial charge in [-0.1, -0.05) is 95.0 Å². The van der Waals surface area contributed by atoms with Gasteiger partial charge < -0.3 is 14.5 Å². The molecule has 4 rings (SSSR count). The molecule has 2 aromatic rings. The highest BCUT2D eigenvalue weighted by Crippen LogP contribution is 2.49. The first kappa shape index (κ1) is 35.6. The van der Waals surface area contributed by atoms with E-state index in [1.807, 2.05) is 24.3 Å². The van der Waals surface area contributed by atoms with Crippen LogP contribution in [0, 0.1) is 0 Å². The molecule has 2 aromatic carbocycles. The fraction of sp³-hybridized carbons (Fsp3) is 0.639. The SMILES string of the molecule is CCCCCCCCCCCCCC(=O)OCCN1CCN(CCCN2c3ccccc3Sc3ccc(C(F)(F)F)cc32)CC1. The Morgan fingerprint density at radius 3 is 2.00 bits per heavy atom. The molecule has 1 saturated heterocycles. The summed E-state index contributed by atoms with van der Waals surface area (Å²) >= 11 is 1.53. The third-order valence-corrected chi connectivity index (χ3v) is 10.1. The summed E-state index contributed by atoms with van der Waals surface area (Å²) in [4.78, 5) is 20.9. The molecule has 0 spiro atoms. The van der Waals surface area contributed by atoms with Crippen LogP contribution < -0.4 is 4.90 Å². The Morgan fingerprint density at radius 1 is 0.733 bits per heavy atom. The molecule has 45 heavy (non-hydrogen) atoms. The Balaban J connectivity index is 1.08. The van der Waals surface area contributed by atoms with Crippen LogP contribution in [0.4, 0.5) is 24.5 Å². The molecule has 2 aliphatic heterocycles. The smallest absolute Gasteiger partial charge is 0.416 e. The van der Waals surface area contributed by atoms with Gasteiger partial charge in [0, 0.05) is 55.5 Å². The highest BCUT2D eigenvalue weighted by molar-refractivity contribution is 7.99. The molecule has 0 amide bonds. The van der Waals surface area contributed by atoms with E-state index >= 15 is 0 Å². The Morgan fingerprint density at radius 2 is 1.33 bits per heavy atom. The highest BCUT2D eigenvalue weighted by Gasteiger charge is 2.33. The fourth-order valence-corrected chi connectivity index (χ4v) is 7.31. The van der Waals surface area contributed by atoms with E-state index in [2.05, 4.69) is 21.6 Å². The van der Waals surface area contributed by atoms with Crippen LogP contribution in [0.1, 0.15) is 96.0 Å². The van der Waals surface area contributed by atoms with E-state index in [1.165, 1.54) is 81.7 Å². The first-order chi connectivity index (χ1) is 21.8. The predicted octanol–water partition coefficient (Wildman–Crippen LogP) is 9.56. The molecule has 2 heterocycles. The van der Waals surface area contributed by atoms with Crippen molar-refractivity contribution in [3.8, 4) is 0 Å². The summed E-state index contributed by atoms with van der Waals surface area (Å²) in [6, 6.07) is 12.0. The van der Waals surface area contributed by atoms with Crippen LogP contribution in [0.2, 0.25) is 0 Å². The zero-order valence-corrected chi connectivity index (χ0v) is 27.9. The molecular weight excluding hydrogens is 595 g/mol. The van der Waals surface area contributed by atoms with Gasteiger partial charge in [0.2, 0.25) is 0 Å². The topological polar surface area (TPSA) is 36.0 Å². The molecule has 5 nitrogen and oxygen atoms in total. The van der Waals surface area contributed by atoms with Crippen LogP contribution in [-0.2, 0) is 15.7 Å². The van der Waals surface area contributed by atoms with Crippen molar-refractivity contribution >= 4 is 29.1 Å². The quantitative estimate of drug-likeness (QED) is 0.112. The summed E-state index contributed by atoms with van der Waals surface area (Å²) in [5.41, 5.74) is 0.996. The molecular formula is C36H52F3N3O2S. The van der Waals surface area contributed by atoms with E-state index in [0.717, 1.165) is 74.0 Å². The third kappa shape index (κ3) is 11.8. The van der Waals surface area contributed by atoms with E-state index in [9.17, 15) is 18.0 Å². The number of benzene rings is 2. The number of halogens is 3. The second-order valence-electron chi connectivity index (χ2n) is 12.4. The Hall–Kier alpha value is -2.23. The second kappa shape index (κ2) is 18.8. The lowest BCUT2D eigenvalue weighted by atomic mass is 10.1. The zero-order valence-electron chi connectivity index (χ0n) is 27.1. The van der Waals surface area contributed by atoms with Crippen molar-refractivity contribution in [3.05, 3.63) is 48.0 Å². The minimum Gasteiger partial charge on any atom is -0.464 e. The van der Waals surface area contributed by atoms with Crippen molar-refractivity contribution in [1.82, 2.24) is 9.80 Å². The maximum absolute atomic E-state index is 13.5. The summed E-state index contributed by atoms with van der Waals surface area (Å²) < 4.78 is 46.0. The third-order valence-electron chi connectivity index (χ3n) is 8.93. The Kier molecular flexibility index (Phi) is 14.9. The van der Waals surface area contributed by atoms with Crippen LogP contribution >= 0.6 is 11.8 Å². The number of hydrogen-bond donors (Lipinski definition) is 0. The number of alkyl halides is 3. The number of rotatable bonds is 19. The average molecular weight is 648 g/mol. The maximum atomic E-state index is 13.5. The van der Waals surface area contributed by atoms with Crippen LogP contribution in [0.5, 0.6) is 0 Å². The van der Waals surface area contributed by atoms with Gasteiger partial charge in [0.05, 0.1) is 16.9 Å². The minimum absolute atomic E-state index is 0.0776. The van der Waals surface area contributed by atoms with Crippen LogP contribution in [-0.4, -0.2) is 68.2 Å². The second-order valence-corrected chi connectivity index (χ2v) is 13.5. The molecule has 2 aliphatic rings. The lowest BCUT2D eigenvalue weighted by Crippen LogP contribution is -2.47. The normalized spacial score (nSPS) is 15.6. The molecule has 0 saturated carbocycles. The summed E-state index contributed by atoms with van der Waals surface area (Å²) in [7, 11) is 0. The molecule has 0 radical (unpaired) electrons. The number of nitrogens with zero attached hydrogens (tertiary/aromatic N) is 3. The number of anilines is 2. The Labute approximate surface area is 272 Å². The summed E-state index contributed by atoms with van der Waals surface area (Å²) in [5.74, 6) is -0.0776. The van der Waals surface area contributed by atoms with Gasteiger partial charge in [-0.15, -0.1) is 0 Å². The van der Waals surface area contributed by atoms with Crippen LogP contribution in [0.15, 0.2) is 52.3 Å². The highest BCUT2D eigenvalue weighted by atomic mass is 32.2. The van der Waals surface area contributed by atoms with Gasteiger partial charge in [0.1, 0.15) is 6.61 Å². The first-order valence-corrected chi connectivity index (χ1v) is 18.0. The number of esters is 1. The Bertz CT molecular complexity index is 1170. The number of unbranched alkanes of at least 4 members (excludes halogenated alkanes) is 10. The number of ether oxygens (including phenoxy) is 1. The predicted molar refractivity (Wildman–Crippen MR) is 179 cm³/mol. The lowest BCUT2D eigenvalue weighted by molar-refractivity contribution is -0.144. The molecule has 0 unspecified atom stereocenters. The average Bonchev–Trinajstić information content (AvgIpc) is 3.03. The van der Waals surface area contributed by atoms with Gasteiger partial charge in [-0.2, -0.15) is 13.2 Å². The van der Waals surface area contributed by atoms with Crippen molar-refractivity contribution in [1.29, 1.82) is 0 Å². The zero-order chi connectivity index (χ0) is 31.9. The van der Waals surface area contributed by atoms with E-state index in [0.29, 0.717) is 25.3 Å². The van der Waals surface area contributed by atoms with Gasteiger partial charge >= 0.3 is 12.1 Å². The largest absolute Gasteiger partial charge is 0.464 e. The van der Waals surface area contributed by atoms with Crippen molar-refractivity contribution in [2.45, 2.75) is 106 Å². The summed E-state index contributed by atoms with van der Waals surface area (Å²) in [5, 5.41) is 0. The van der Waals surface area contributed by atoms with Gasteiger partial charge in [-0.3, -0.25) is 9.69 Å². The number of para-hydroxylation sites is 1. The van der Waals surface area contributed by atoms with E-state index < -0.39 is 11.7 Å². The fourth-order valence-electron chi connectivity index (χ4n) is 6.23. The molecule has 0 N–H and O–H groups in total. The summed E-state index contributed by atoms with van der Waals surface area (Å²) in [6.07, 6.45) is 11.0. The molecule has 0 atom stereocenters. The first-order valence-electron chi connectivity index (χ1n) is 17.2.